The summed E-state index contributed by atoms with van der Waals surface area (Å²) in [6, 6.07) is 0. The summed E-state index contributed by atoms with van der Waals surface area (Å²) in [5.74, 6) is 0.602. The van der Waals surface area contributed by atoms with Crippen molar-refractivity contribution in [3.8, 4) is 0 Å². The minimum Gasteiger partial charge on any atom is -0.444 e. The van der Waals surface area contributed by atoms with Gasteiger partial charge in [0.25, 0.3) is 0 Å². The molecule has 2 amide bonds. The molecule has 1 saturated carbocycles. The molecule has 0 unspecified atom stereocenters. The highest BCUT2D eigenvalue weighted by atomic mass is 16.7. The highest BCUT2D eigenvalue weighted by molar-refractivity contribution is 5.78. The quantitative estimate of drug-likeness (QED) is 0.765. The maximum atomic E-state index is 11.9. The minimum atomic E-state index is -0.470. The van der Waals surface area contributed by atoms with Gasteiger partial charge in [-0.15, -0.1) is 0 Å². The fourth-order valence-corrected chi connectivity index (χ4v) is 2.38. The monoisotopic (exact) mass is 300 g/mol. The van der Waals surface area contributed by atoms with Gasteiger partial charge in [0.15, 0.2) is 0 Å². The van der Waals surface area contributed by atoms with Crippen LogP contribution in [0.4, 0.5) is 4.79 Å². The third kappa shape index (κ3) is 6.33. The summed E-state index contributed by atoms with van der Waals surface area (Å²) in [5.41, 5.74) is -0.470. The molecule has 0 aromatic rings. The second-order valence-corrected chi connectivity index (χ2v) is 6.51. The molecule has 0 aliphatic heterocycles. The third-order valence-electron chi connectivity index (χ3n) is 3.44. The van der Waals surface area contributed by atoms with Crippen molar-refractivity contribution in [2.75, 3.05) is 20.2 Å². The van der Waals surface area contributed by atoms with E-state index in [9.17, 15) is 9.59 Å². The van der Waals surface area contributed by atoms with E-state index in [-0.39, 0.29) is 17.9 Å². The summed E-state index contributed by atoms with van der Waals surface area (Å²) in [6.07, 6.45) is 2.23. The van der Waals surface area contributed by atoms with Crippen molar-refractivity contribution < 1.29 is 19.2 Å². The van der Waals surface area contributed by atoms with E-state index in [0.717, 1.165) is 19.3 Å². The first-order chi connectivity index (χ1) is 9.73. The largest absolute Gasteiger partial charge is 0.444 e. The molecule has 1 aliphatic carbocycles. The van der Waals surface area contributed by atoms with E-state index in [4.69, 9.17) is 9.57 Å². The SMILES string of the molecule is CCON(C)C(=O)[C@H]1C[C@@H](CCNC(=O)OC(C)(C)C)C1. The van der Waals surface area contributed by atoms with E-state index in [2.05, 4.69) is 5.32 Å². The lowest BCUT2D eigenvalue weighted by Crippen LogP contribution is -2.41. The van der Waals surface area contributed by atoms with Gasteiger partial charge in [-0.3, -0.25) is 9.63 Å². The van der Waals surface area contributed by atoms with E-state index in [1.54, 1.807) is 7.05 Å². The first kappa shape index (κ1) is 17.8. The summed E-state index contributed by atoms with van der Waals surface area (Å²) in [7, 11) is 1.66. The fraction of sp³-hybridized carbons (Fsp3) is 0.867. The van der Waals surface area contributed by atoms with Crippen LogP contribution in [-0.2, 0) is 14.4 Å². The lowest BCUT2D eigenvalue weighted by Gasteiger charge is -2.36. The van der Waals surface area contributed by atoms with Crippen LogP contribution in [0.2, 0.25) is 0 Å². The third-order valence-corrected chi connectivity index (χ3v) is 3.44. The van der Waals surface area contributed by atoms with Crippen molar-refractivity contribution in [2.24, 2.45) is 11.8 Å². The molecule has 0 bridgehead atoms. The van der Waals surface area contributed by atoms with Crippen LogP contribution in [0.15, 0.2) is 0 Å². The van der Waals surface area contributed by atoms with E-state index in [1.807, 2.05) is 27.7 Å². The molecule has 1 rings (SSSR count). The molecule has 0 aromatic heterocycles. The van der Waals surface area contributed by atoms with Gasteiger partial charge in [0.1, 0.15) is 5.60 Å². The van der Waals surface area contributed by atoms with Crippen LogP contribution in [0.1, 0.15) is 47.0 Å². The Morgan fingerprint density at radius 3 is 2.43 bits per heavy atom. The number of hydroxylamine groups is 2. The molecule has 0 aromatic carbocycles. The molecule has 1 N–H and O–H groups in total. The van der Waals surface area contributed by atoms with Gasteiger partial charge in [-0.1, -0.05) is 0 Å². The van der Waals surface area contributed by atoms with Crippen LogP contribution in [-0.4, -0.2) is 42.9 Å². The molecule has 0 heterocycles. The van der Waals surface area contributed by atoms with Gasteiger partial charge in [-0.05, 0) is 52.9 Å². The molecule has 21 heavy (non-hydrogen) atoms. The van der Waals surface area contributed by atoms with Crippen molar-refractivity contribution in [3.63, 3.8) is 0 Å². The number of nitrogens with zero attached hydrogens (tertiary/aromatic N) is 1. The minimum absolute atomic E-state index is 0.0493. The number of hydrogen-bond donors (Lipinski definition) is 1. The maximum absolute atomic E-state index is 11.9. The molecule has 0 saturated heterocycles. The molecule has 0 spiro atoms. The smallest absolute Gasteiger partial charge is 0.407 e. The van der Waals surface area contributed by atoms with Gasteiger partial charge in [0.05, 0.1) is 6.61 Å². The number of amides is 2. The molecule has 1 fully saturated rings. The van der Waals surface area contributed by atoms with E-state index in [0.29, 0.717) is 19.1 Å². The van der Waals surface area contributed by atoms with E-state index >= 15 is 0 Å². The van der Waals surface area contributed by atoms with Gasteiger partial charge in [-0.25, -0.2) is 9.86 Å². The van der Waals surface area contributed by atoms with Crippen molar-refractivity contribution in [1.29, 1.82) is 0 Å². The maximum Gasteiger partial charge on any atom is 0.407 e. The first-order valence-corrected chi connectivity index (χ1v) is 7.60. The van der Waals surface area contributed by atoms with Crippen LogP contribution < -0.4 is 5.32 Å². The topological polar surface area (TPSA) is 67.9 Å². The molecule has 122 valence electrons. The van der Waals surface area contributed by atoms with Crippen LogP contribution in [0, 0.1) is 11.8 Å². The summed E-state index contributed by atoms with van der Waals surface area (Å²) in [4.78, 5) is 28.5. The molecule has 1 aliphatic rings. The predicted octanol–water partition coefficient (Wildman–Crippen LogP) is 2.34. The first-order valence-electron chi connectivity index (χ1n) is 7.60. The highest BCUT2D eigenvalue weighted by Gasteiger charge is 2.36. The molecule has 6 heteroatoms. The Hall–Kier alpha value is -1.30. The zero-order chi connectivity index (χ0) is 16.0. The van der Waals surface area contributed by atoms with Crippen molar-refractivity contribution in [2.45, 2.75) is 52.6 Å². The van der Waals surface area contributed by atoms with Crippen LogP contribution >= 0.6 is 0 Å². The molecule has 0 radical (unpaired) electrons. The van der Waals surface area contributed by atoms with Gasteiger partial charge in [0.2, 0.25) is 5.91 Å². The van der Waals surface area contributed by atoms with Crippen LogP contribution in [0.3, 0.4) is 0 Å². The molecule has 0 atom stereocenters. The van der Waals surface area contributed by atoms with Gasteiger partial charge in [0, 0.05) is 19.5 Å². The van der Waals surface area contributed by atoms with Crippen LogP contribution in [0.5, 0.6) is 0 Å². The highest BCUT2D eigenvalue weighted by Crippen LogP contribution is 2.36. The fourth-order valence-electron chi connectivity index (χ4n) is 2.38. The Kier molecular flexibility index (Phi) is 6.45. The Morgan fingerprint density at radius 2 is 1.90 bits per heavy atom. The standard InChI is InChI=1S/C15H28N2O4/c1-6-20-17(5)13(18)12-9-11(10-12)7-8-16-14(19)21-15(2,3)4/h11-12H,6-10H2,1-5H3,(H,16,19)/t11-,12+. The van der Waals surface area contributed by atoms with Crippen LogP contribution in [0.25, 0.3) is 0 Å². The number of carbonyl (C=O) groups excluding carboxylic acids is 2. The average molecular weight is 300 g/mol. The summed E-state index contributed by atoms with van der Waals surface area (Å²) in [6.45, 7) is 8.45. The lowest BCUT2D eigenvalue weighted by molar-refractivity contribution is -0.185. The van der Waals surface area contributed by atoms with Crippen molar-refractivity contribution in [3.05, 3.63) is 0 Å². The number of alkyl carbamates (subject to hydrolysis) is 1. The Bertz CT molecular complexity index is 359. The molecular formula is C15H28N2O4. The second-order valence-electron chi connectivity index (χ2n) is 6.51. The number of rotatable bonds is 6. The Balaban J connectivity index is 2.13. The number of hydrogen-bond acceptors (Lipinski definition) is 4. The number of nitrogens with one attached hydrogen (secondary N) is 1. The summed E-state index contributed by atoms with van der Waals surface area (Å²) in [5, 5.41) is 4.08. The van der Waals surface area contributed by atoms with Gasteiger partial charge < -0.3 is 10.1 Å². The second kappa shape index (κ2) is 7.64. The predicted molar refractivity (Wildman–Crippen MR) is 79.5 cm³/mol. The van der Waals surface area contributed by atoms with Gasteiger partial charge >= 0.3 is 6.09 Å². The van der Waals surface area contributed by atoms with Crippen molar-refractivity contribution in [1.82, 2.24) is 10.4 Å². The Labute approximate surface area is 127 Å². The normalized spacial score (nSPS) is 21.4. The summed E-state index contributed by atoms with van der Waals surface area (Å²) >= 11 is 0. The van der Waals surface area contributed by atoms with E-state index < -0.39 is 5.60 Å². The number of ether oxygens (including phenoxy) is 1. The molecular weight excluding hydrogens is 272 g/mol. The van der Waals surface area contributed by atoms with Gasteiger partial charge in [-0.2, -0.15) is 0 Å². The molecule has 6 nitrogen and oxygen atoms in total. The Morgan fingerprint density at radius 1 is 1.29 bits per heavy atom. The van der Waals surface area contributed by atoms with Crippen molar-refractivity contribution >= 4 is 12.0 Å². The number of carbonyl (C=O) groups is 2. The average Bonchev–Trinajstić information content (AvgIpc) is 2.29. The zero-order valence-corrected chi connectivity index (χ0v) is 13.8. The lowest BCUT2D eigenvalue weighted by atomic mass is 9.73. The zero-order valence-electron chi connectivity index (χ0n) is 13.8. The summed E-state index contributed by atoms with van der Waals surface area (Å²) < 4.78 is 5.16. The van der Waals surface area contributed by atoms with E-state index in [1.165, 1.54) is 5.06 Å².